The highest BCUT2D eigenvalue weighted by molar-refractivity contribution is 7.47. The average molecular weight is 1350 g/mol. The maximum Gasteiger partial charge on any atom is 0.472 e. The minimum atomic E-state index is -4.95. The van der Waals surface area contributed by atoms with E-state index in [9.17, 15) is 43.2 Å². The molecule has 546 valence electrons. The van der Waals surface area contributed by atoms with Crippen molar-refractivity contribution in [3.05, 3.63) is 0 Å². The van der Waals surface area contributed by atoms with Gasteiger partial charge in [0.1, 0.15) is 19.3 Å². The summed E-state index contributed by atoms with van der Waals surface area (Å²) in [6.07, 6.45) is 46.2. The Morgan fingerprint density at radius 3 is 0.674 bits per heavy atom. The lowest BCUT2D eigenvalue weighted by molar-refractivity contribution is -0.161. The molecule has 0 spiro atoms. The molecule has 17 nitrogen and oxygen atoms in total. The Morgan fingerprint density at radius 1 is 0.272 bits per heavy atom. The van der Waals surface area contributed by atoms with Crippen LogP contribution < -0.4 is 0 Å². The molecule has 0 heterocycles. The van der Waals surface area contributed by atoms with Crippen LogP contribution in [0.3, 0.4) is 0 Å². The van der Waals surface area contributed by atoms with Gasteiger partial charge in [0, 0.05) is 25.7 Å². The van der Waals surface area contributed by atoms with Crippen molar-refractivity contribution in [1.29, 1.82) is 0 Å². The lowest BCUT2D eigenvalue weighted by Gasteiger charge is -2.21. The van der Waals surface area contributed by atoms with Gasteiger partial charge >= 0.3 is 39.5 Å². The number of rotatable bonds is 70. The summed E-state index contributed by atoms with van der Waals surface area (Å²) in [5, 5.41) is 10.6. The Balaban J connectivity index is 5.16. The van der Waals surface area contributed by atoms with Crippen LogP contribution in [0.4, 0.5) is 0 Å². The number of aliphatic hydroxyl groups is 1. The van der Waals surface area contributed by atoms with Crippen LogP contribution in [0.25, 0.3) is 0 Å². The molecule has 0 aromatic rings. The van der Waals surface area contributed by atoms with Crippen LogP contribution in [-0.4, -0.2) is 96.7 Å². The summed E-state index contributed by atoms with van der Waals surface area (Å²) in [4.78, 5) is 72.5. The van der Waals surface area contributed by atoms with Crippen molar-refractivity contribution < 1.29 is 80.2 Å². The molecule has 0 aliphatic carbocycles. The molecule has 0 fully saturated rings. The normalized spacial score (nSPS) is 14.2. The van der Waals surface area contributed by atoms with Gasteiger partial charge < -0.3 is 33.8 Å². The van der Waals surface area contributed by atoms with Gasteiger partial charge in [-0.3, -0.25) is 37.3 Å². The standard InChI is InChI=1S/C73H142O17P2/c1-63(2)49-41-33-25-20-17-15-13-11-9-10-12-14-16-18-22-28-39-47-55-72(77)89-68(59-83-70(75)53-45-37-30-24-27-35-43-51-65(5)6)61-87-91(79,80)85-57-67(74)58-86-92(81,82)88-62-69(60-84-71(76)54-46-38-32-31-36-44-52-66(7)8)90-73(78)56-48-40-29-23-19-21-26-34-42-50-64(3)4/h63-69,74H,9-62H2,1-8H3,(H,79,80)(H,81,82)/t67-,68-,69-/m1/s1. The molecule has 0 aromatic heterocycles. The van der Waals surface area contributed by atoms with E-state index in [0.29, 0.717) is 37.5 Å². The van der Waals surface area contributed by atoms with E-state index in [1.807, 2.05) is 0 Å². The summed E-state index contributed by atoms with van der Waals surface area (Å²) in [7, 11) is -9.90. The van der Waals surface area contributed by atoms with Crippen molar-refractivity contribution in [3.8, 4) is 0 Å². The van der Waals surface area contributed by atoms with Crippen molar-refractivity contribution in [2.24, 2.45) is 23.7 Å². The Bertz CT molecular complexity index is 1820. The Labute approximate surface area is 562 Å². The Morgan fingerprint density at radius 2 is 0.457 bits per heavy atom. The zero-order valence-corrected chi connectivity index (χ0v) is 62.0. The second-order valence-corrected chi connectivity index (χ2v) is 31.1. The molecule has 3 N–H and O–H groups in total. The van der Waals surface area contributed by atoms with E-state index in [2.05, 4.69) is 55.4 Å². The van der Waals surface area contributed by atoms with Gasteiger partial charge in [0.2, 0.25) is 0 Å². The lowest BCUT2D eigenvalue weighted by atomic mass is 10.0. The van der Waals surface area contributed by atoms with Gasteiger partial charge in [-0.15, -0.1) is 0 Å². The first-order chi connectivity index (χ1) is 44.1. The van der Waals surface area contributed by atoms with Crippen LogP contribution in [0.1, 0.15) is 364 Å². The summed E-state index contributed by atoms with van der Waals surface area (Å²) in [6, 6.07) is 0. The molecule has 0 amide bonds. The van der Waals surface area contributed by atoms with E-state index in [-0.39, 0.29) is 25.7 Å². The van der Waals surface area contributed by atoms with Gasteiger partial charge in [-0.2, -0.15) is 0 Å². The highest BCUT2D eigenvalue weighted by atomic mass is 31.2. The summed E-state index contributed by atoms with van der Waals surface area (Å²) in [5.74, 6) is 0.811. The van der Waals surface area contributed by atoms with E-state index in [0.717, 1.165) is 115 Å². The second-order valence-electron chi connectivity index (χ2n) is 28.2. The van der Waals surface area contributed by atoms with Crippen LogP contribution in [0.2, 0.25) is 0 Å². The molecule has 19 heteroatoms. The van der Waals surface area contributed by atoms with Gasteiger partial charge in [-0.25, -0.2) is 9.13 Å². The molecule has 0 aliphatic heterocycles. The van der Waals surface area contributed by atoms with Crippen molar-refractivity contribution in [1.82, 2.24) is 0 Å². The lowest BCUT2D eigenvalue weighted by Crippen LogP contribution is -2.30. The third kappa shape index (κ3) is 66.7. The number of aliphatic hydroxyl groups excluding tert-OH is 1. The predicted octanol–water partition coefficient (Wildman–Crippen LogP) is 20.9. The fraction of sp³-hybridized carbons (Fsp3) is 0.945. The molecule has 2 unspecified atom stereocenters. The van der Waals surface area contributed by atoms with Crippen LogP contribution >= 0.6 is 15.6 Å². The number of carbonyl (C=O) groups excluding carboxylic acids is 4. The first-order valence-corrected chi connectivity index (χ1v) is 40.7. The molecule has 0 radical (unpaired) electrons. The van der Waals surface area contributed by atoms with Crippen LogP contribution in [-0.2, 0) is 65.4 Å². The number of phosphoric acid groups is 2. The molecule has 5 atom stereocenters. The van der Waals surface area contributed by atoms with Gasteiger partial charge in [-0.05, 0) is 49.4 Å². The van der Waals surface area contributed by atoms with Gasteiger partial charge in [-0.1, -0.05) is 312 Å². The predicted molar refractivity (Wildman–Crippen MR) is 372 cm³/mol. The van der Waals surface area contributed by atoms with Crippen molar-refractivity contribution >= 4 is 39.5 Å². The zero-order chi connectivity index (χ0) is 68.2. The van der Waals surface area contributed by atoms with Crippen molar-refractivity contribution in [2.45, 2.75) is 382 Å². The average Bonchev–Trinajstić information content (AvgIpc) is 2.97. The Kier molecular flexibility index (Phi) is 61.3. The number of unbranched alkanes of at least 4 members (excludes halogenated alkanes) is 36. The second kappa shape index (κ2) is 62.6. The maximum atomic E-state index is 13.0. The zero-order valence-electron chi connectivity index (χ0n) is 60.2. The summed E-state index contributed by atoms with van der Waals surface area (Å²) < 4.78 is 68.3. The fourth-order valence-corrected chi connectivity index (χ4v) is 12.6. The number of phosphoric ester groups is 2. The van der Waals surface area contributed by atoms with Crippen molar-refractivity contribution in [2.75, 3.05) is 39.6 Å². The van der Waals surface area contributed by atoms with Crippen LogP contribution in [0.5, 0.6) is 0 Å². The molecule has 0 rings (SSSR count). The molecule has 0 aromatic carbocycles. The molecule has 0 bridgehead atoms. The van der Waals surface area contributed by atoms with Crippen molar-refractivity contribution in [3.63, 3.8) is 0 Å². The highest BCUT2D eigenvalue weighted by Gasteiger charge is 2.30. The molecular formula is C73H142O17P2. The smallest absolute Gasteiger partial charge is 0.462 e. The van der Waals surface area contributed by atoms with E-state index < -0.39 is 97.5 Å². The molecule has 92 heavy (non-hydrogen) atoms. The Hall–Kier alpha value is -1.94. The number of hydrogen-bond acceptors (Lipinski definition) is 15. The third-order valence-corrected chi connectivity index (χ3v) is 18.7. The van der Waals surface area contributed by atoms with Gasteiger partial charge in [0.15, 0.2) is 12.2 Å². The minimum Gasteiger partial charge on any atom is -0.462 e. The van der Waals surface area contributed by atoms with E-state index in [1.54, 1.807) is 0 Å². The number of carbonyl (C=O) groups is 4. The first kappa shape index (κ1) is 90.1. The topological polar surface area (TPSA) is 237 Å². The molecule has 0 aliphatic rings. The van der Waals surface area contributed by atoms with Gasteiger partial charge in [0.25, 0.3) is 0 Å². The summed E-state index contributed by atoms with van der Waals surface area (Å²) in [6.45, 7) is 14.0. The summed E-state index contributed by atoms with van der Waals surface area (Å²) >= 11 is 0. The van der Waals surface area contributed by atoms with E-state index >= 15 is 0 Å². The van der Waals surface area contributed by atoms with Gasteiger partial charge in [0.05, 0.1) is 26.4 Å². The molecular weight excluding hydrogens is 1210 g/mol. The quantitative estimate of drug-likeness (QED) is 0.0222. The summed E-state index contributed by atoms with van der Waals surface area (Å²) in [5.41, 5.74) is 0. The number of hydrogen-bond donors (Lipinski definition) is 3. The SMILES string of the molecule is CC(C)CCCCCCCCCCCCCCCCCCCCC(=O)O[C@H](COC(=O)CCCCCCCCCC(C)C)COP(=O)(O)OC[C@@H](O)COP(=O)(O)OC[C@@H](COC(=O)CCCCCCCCC(C)C)OC(=O)CCCCCCCCCCCC(C)C. The maximum absolute atomic E-state index is 13.0. The third-order valence-electron chi connectivity index (χ3n) is 16.8. The number of ether oxygens (including phenoxy) is 4. The number of esters is 4. The van der Waals surface area contributed by atoms with Crippen LogP contribution in [0.15, 0.2) is 0 Å². The first-order valence-electron chi connectivity index (χ1n) is 37.7. The largest absolute Gasteiger partial charge is 0.472 e. The molecule has 0 saturated heterocycles. The minimum absolute atomic E-state index is 0.104. The van der Waals surface area contributed by atoms with E-state index in [4.69, 9.17) is 37.0 Å². The molecule has 0 saturated carbocycles. The fourth-order valence-electron chi connectivity index (χ4n) is 11.0. The highest BCUT2D eigenvalue weighted by Crippen LogP contribution is 2.45. The monoisotopic (exact) mass is 1350 g/mol. The van der Waals surface area contributed by atoms with E-state index in [1.165, 1.54) is 154 Å². The van der Waals surface area contributed by atoms with Crippen LogP contribution in [0, 0.1) is 23.7 Å².